The zero-order valence-electron chi connectivity index (χ0n) is 6.06. The van der Waals surface area contributed by atoms with E-state index in [1.165, 1.54) is 25.7 Å². The van der Waals surface area contributed by atoms with Gasteiger partial charge in [-0.3, -0.25) is 0 Å². The van der Waals surface area contributed by atoms with Gasteiger partial charge in [-0.2, -0.15) is 0 Å². The minimum absolute atomic E-state index is 0.990. The Kier molecular flexibility index (Phi) is 1.14. The number of hydrogen-bond donors (Lipinski definition) is 0. The van der Waals surface area contributed by atoms with Crippen molar-refractivity contribution in [2.75, 3.05) is 0 Å². The molecule has 2 atom stereocenters. The monoisotopic (exact) mass is 122 g/mol. The van der Waals surface area contributed by atoms with Crippen molar-refractivity contribution in [2.45, 2.75) is 32.6 Å². The molecule has 2 aliphatic rings. The Balaban J connectivity index is 2.11. The van der Waals surface area contributed by atoms with E-state index >= 15 is 0 Å². The molecule has 0 saturated heterocycles. The lowest BCUT2D eigenvalue weighted by molar-refractivity contribution is 0.428. The van der Waals surface area contributed by atoms with Crippen molar-refractivity contribution in [1.29, 1.82) is 0 Å². The van der Waals surface area contributed by atoms with Gasteiger partial charge in [-0.1, -0.05) is 18.6 Å². The van der Waals surface area contributed by atoms with Crippen LogP contribution in [0.4, 0.5) is 0 Å². The molecular weight excluding hydrogens is 108 g/mol. The average Bonchev–Trinajstić information content (AvgIpc) is 2.45. The van der Waals surface area contributed by atoms with E-state index < -0.39 is 0 Å². The Morgan fingerprint density at radius 3 is 2.89 bits per heavy atom. The number of hydrogen-bond acceptors (Lipinski definition) is 0. The summed E-state index contributed by atoms with van der Waals surface area (Å²) in [5.74, 6) is 1.98. The molecule has 0 aromatic rings. The summed E-state index contributed by atoms with van der Waals surface area (Å²) in [6.45, 7) is 2.31. The largest absolute Gasteiger partial charge is 0.0819 e. The Hall–Kier alpha value is -0.260. The summed E-state index contributed by atoms with van der Waals surface area (Å²) in [6, 6.07) is 0. The van der Waals surface area contributed by atoms with E-state index in [-0.39, 0.29) is 0 Å². The predicted octanol–water partition coefficient (Wildman–Crippen LogP) is 2.75. The van der Waals surface area contributed by atoms with Gasteiger partial charge < -0.3 is 0 Å². The predicted molar refractivity (Wildman–Crippen MR) is 39.2 cm³/mol. The molecule has 0 fully saturated rings. The van der Waals surface area contributed by atoms with Crippen LogP contribution < -0.4 is 0 Å². The molecule has 0 radical (unpaired) electrons. The smallest absolute Gasteiger partial charge is 0.0200 e. The second-order valence-electron chi connectivity index (χ2n) is 3.38. The summed E-state index contributed by atoms with van der Waals surface area (Å²) in [6.07, 6.45) is 8.26. The van der Waals surface area contributed by atoms with Crippen LogP contribution in [0.1, 0.15) is 32.6 Å². The van der Waals surface area contributed by atoms with Crippen molar-refractivity contribution in [1.82, 2.24) is 0 Å². The third-order valence-corrected chi connectivity index (χ3v) is 2.86. The van der Waals surface area contributed by atoms with E-state index in [2.05, 4.69) is 13.0 Å². The first-order chi connectivity index (χ1) is 4.40. The highest BCUT2D eigenvalue weighted by atomic mass is 14.3. The highest BCUT2D eigenvalue weighted by Crippen LogP contribution is 2.43. The molecule has 0 N–H and O–H groups in total. The lowest BCUT2D eigenvalue weighted by Crippen LogP contribution is -2.05. The van der Waals surface area contributed by atoms with Crippen LogP contribution in [0.15, 0.2) is 11.6 Å². The Morgan fingerprint density at radius 2 is 2.56 bits per heavy atom. The van der Waals surface area contributed by atoms with Gasteiger partial charge in [0.05, 0.1) is 0 Å². The molecule has 2 rings (SSSR count). The highest BCUT2D eigenvalue weighted by Gasteiger charge is 2.29. The maximum Gasteiger partial charge on any atom is -0.0200 e. The molecule has 0 aromatic carbocycles. The zero-order chi connectivity index (χ0) is 6.27. The summed E-state index contributed by atoms with van der Waals surface area (Å²) in [4.78, 5) is 0. The Bertz CT molecular complexity index is 144. The lowest BCUT2D eigenvalue weighted by Gasteiger charge is -2.17. The summed E-state index contributed by atoms with van der Waals surface area (Å²) >= 11 is 0. The van der Waals surface area contributed by atoms with Gasteiger partial charge in [0.15, 0.2) is 0 Å². The normalized spacial score (nSPS) is 39.4. The molecule has 0 aromatic heterocycles. The van der Waals surface area contributed by atoms with Gasteiger partial charge in [0, 0.05) is 0 Å². The van der Waals surface area contributed by atoms with Crippen LogP contribution in [0.5, 0.6) is 0 Å². The molecular formula is C9H14. The molecule has 0 aliphatic heterocycles. The summed E-state index contributed by atoms with van der Waals surface area (Å²) < 4.78 is 0. The second-order valence-corrected chi connectivity index (χ2v) is 3.38. The Morgan fingerprint density at radius 1 is 1.67 bits per heavy atom. The van der Waals surface area contributed by atoms with Crippen LogP contribution in [-0.4, -0.2) is 0 Å². The van der Waals surface area contributed by atoms with Gasteiger partial charge >= 0.3 is 0 Å². The van der Waals surface area contributed by atoms with E-state index in [4.69, 9.17) is 0 Å². The summed E-state index contributed by atoms with van der Waals surface area (Å²) in [5, 5.41) is 0. The van der Waals surface area contributed by atoms with Gasteiger partial charge in [0.1, 0.15) is 0 Å². The van der Waals surface area contributed by atoms with Crippen LogP contribution in [0, 0.1) is 11.8 Å². The number of fused-ring (bicyclic) bond motifs is 1. The van der Waals surface area contributed by atoms with Crippen molar-refractivity contribution in [3.8, 4) is 0 Å². The SMILES string of the molecule is CCC1CC2C=C1CC2. The standard InChI is InChI=1S/C9H14/c1-2-8-5-7-3-4-9(8)6-7/h6-8H,2-5H2,1H3. The minimum Gasteiger partial charge on any atom is -0.0819 e. The van der Waals surface area contributed by atoms with Crippen LogP contribution in [0.25, 0.3) is 0 Å². The van der Waals surface area contributed by atoms with Crippen molar-refractivity contribution < 1.29 is 0 Å². The van der Waals surface area contributed by atoms with Crippen molar-refractivity contribution in [3.63, 3.8) is 0 Å². The first kappa shape index (κ1) is 5.52. The van der Waals surface area contributed by atoms with E-state index in [1.807, 2.05) is 0 Å². The second kappa shape index (κ2) is 1.86. The van der Waals surface area contributed by atoms with E-state index in [0.29, 0.717) is 0 Å². The average molecular weight is 122 g/mol. The third-order valence-electron chi connectivity index (χ3n) is 2.86. The molecule has 0 saturated carbocycles. The fraction of sp³-hybridized carbons (Fsp3) is 0.778. The van der Waals surface area contributed by atoms with Gasteiger partial charge in [-0.25, -0.2) is 0 Å². The molecule has 0 amide bonds. The van der Waals surface area contributed by atoms with Crippen molar-refractivity contribution in [3.05, 3.63) is 11.6 Å². The molecule has 2 unspecified atom stereocenters. The first-order valence-electron chi connectivity index (χ1n) is 4.10. The fourth-order valence-electron chi connectivity index (χ4n) is 2.29. The maximum atomic E-state index is 2.52. The quantitative estimate of drug-likeness (QED) is 0.469. The van der Waals surface area contributed by atoms with Gasteiger partial charge in [-0.05, 0) is 37.5 Å². The van der Waals surface area contributed by atoms with E-state index in [0.717, 1.165) is 11.8 Å². The van der Waals surface area contributed by atoms with Gasteiger partial charge in [0.2, 0.25) is 0 Å². The molecule has 2 bridgehead atoms. The molecule has 0 heteroatoms. The molecule has 0 spiro atoms. The summed E-state index contributed by atoms with van der Waals surface area (Å²) in [5.41, 5.74) is 1.78. The minimum atomic E-state index is 0.990. The maximum absolute atomic E-state index is 2.52. The fourth-order valence-corrected chi connectivity index (χ4v) is 2.29. The molecule has 0 heterocycles. The van der Waals surface area contributed by atoms with E-state index in [9.17, 15) is 0 Å². The molecule has 2 aliphatic carbocycles. The lowest BCUT2D eigenvalue weighted by atomic mass is 9.87. The molecule has 50 valence electrons. The van der Waals surface area contributed by atoms with Crippen LogP contribution >= 0.6 is 0 Å². The van der Waals surface area contributed by atoms with Gasteiger partial charge in [-0.15, -0.1) is 0 Å². The molecule has 0 nitrogen and oxygen atoms in total. The van der Waals surface area contributed by atoms with Crippen molar-refractivity contribution in [2.24, 2.45) is 11.8 Å². The highest BCUT2D eigenvalue weighted by molar-refractivity contribution is 5.20. The topological polar surface area (TPSA) is 0 Å². The number of rotatable bonds is 1. The van der Waals surface area contributed by atoms with Crippen LogP contribution in [0.2, 0.25) is 0 Å². The molecule has 9 heavy (non-hydrogen) atoms. The van der Waals surface area contributed by atoms with Gasteiger partial charge in [0.25, 0.3) is 0 Å². The third kappa shape index (κ3) is 0.726. The van der Waals surface area contributed by atoms with Crippen molar-refractivity contribution >= 4 is 0 Å². The van der Waals surface area contributed by atoms with Crippen LogP contribution in [-0.2, 0) is 0 Å². The van der Waals surface area contributed by atoms with E-state index in [1.54, 1.807) is 5.57 Å². The van der Waals surface area contributed by atoms with Crippen LogP contribution in [0.3, 0.4) is 0 Å². The summed E-state index contributed by atoms with van der Waals surface area (Å²) in [7, 11) is 0. The zero-order valence-corrected chi connectivity index (χ0v) is 6.06. The Labute approximate surface area is 57.0 Å². The first-order valence-corrected chi connectivity index (χ1v) is 4.10. The number of allylic oxidation sites excluding steroid dienone is 2.